The summed E-state index contributed by atoms with van der Waals surface area (Å²) in [5, 5.41) is 6.77. The molecular formula is C13H23N3O. The first-order valence-corrected chi connectivity index (χ1v) is 6.18. The second kappa shape index (κ2) is 8.03. The summed E-state index contributed by atoms with van der Waals surface area (Å²) >= 11 is 0. The summed E-state index contributed by atoms with van der Waals surface area (Å²) in [4.78, 5) is 4.16. The number of rotatable bonds is 8. The smallest absolute Gasteiger partial charge is 0.0715 e. The molecule has 0 saturated heterocycles. The third kappa shape index (κ3) is 5.15. The van der Waals surface area contributed by atoms with E-state index in [1.54, 1.807) is 7.11 Å². The molecule has 0 aliphatic carbocycles. The molecule has 1 aromatic heterocycles. The van der Waals surface area contributed by atoms with Gasteiger partial charge in [-0.3, -0.25) is 4.98 Å². The Morgan fingerprint density at radius 3 is 3.00 bits per heavy atom. The monoisotopic (exact) mass is 237 g/mol. The molecule has 0 radical (unpaired) electrons. The molecule has 96 valence electrons. The molecule has 0 aromatic carbocycles. The van der Waals surface area contributed by atoms with Crippen LogP contribution in [0.2, 0.25) is 0 Å². The fourth-order valence-electron chi connectivity index (χ4n) is 1.48. The lowest BCUT2D eigenvalue weighted by molar-refractivity contribution is 0.129. The number of methoxy groups -OCH3 is 1. The van der Waals surface area contributed by atoms with Gasteiger partial charge in [-0.25, -0.2) is 0 Å². The molecule has 0 fully saturated rings. The first kappa shape index (κ1) is 13.9. The van der Waals surface area contributed by atoms with Crippen molar-refractivity contribution in [3.63, 3.8) is 0 Å². The van der Waals surface area contributed by atoms with Crippen molar-refractivity contribution >= 4 is 5.69 Å². The lowest BCUT2D eigenvalue weighted by Crippen LogP contribution is -2.20. The van der Waals surface area contributed by atoms with E-state index >= 15 is 0 Å². The SMILES string of the molecule is CCCNCc1cnccc1NCC(C)OC. The number of aromatic nitrogens is 1. The molecule has 1 aromatic rings. The quantitative estimate of drug-likeness (QED) is 0.679. The number of anilines is 1. The Balaban J connectivity index is 2.51. The number of pyridine rings is 1. The van der Waals surface area contributed by atoms with Crippen molar-refractivity contribution in [3.8, 4) is 0 Å². The summed E-state index contributed by atoms with van der Waals surface area (Å²) in [6.45, 7) is 6.90. The van der Waals surface area contributed by atoms with Crippen LogP contribution in [0.4, 0.5) is 5.69 Å². The third-order valence-corrected chi connectivity index (χ3v) is 2.63. The molecule has 1 atom stereocenters. The number of hydrogen-bond donors (Lipinski definition) is 2. The van der Waals surface area contributed by atoms with E-state index in [2.05, 4.69) is 22.5 Å². The van der Waals surface area contributed by atoms with Gasteiger partial charge in [0.25, 0.3) is 0 Å². The normalized spacial score (nSPS) is 12.4. The van der Waals surface area contributed by atoms with Crippen LogP contribution < -0.4 is 10.6 Å². The predicted octanol–water partition coefficient (Wildman–Crippen LogP) is 2.03. The van der Waals surface area contributed by atoms with Crippen LogP contribution in [0.5, 0.6) is 0 Å². The maximum Gasteiger partial charge on any atom is 0.0715 e. The summed E-state index contributed by atoms with van der Waals surface area (Å²) < 4.78 is 5.22. The van der Waals surface area contributed by atoms with Gasteiger partial charge in [0, 0.05) is 43.8 Å². The highest BCUT2D eigenvalue weighted by Gasteiger charge is 2.03. The number of nitrogens with one attached hydrogen (secondary N) is 2. The van der Waals surface area contributed by atoms with Crippen molar-refractivity contribution in [1.82, 2.24) is 10.3 Å². The first-order chi connectivity index (χ1) is 8.27. The Morgan fingerprint density at radius 2 is 2.29 bits per heavy atom. The molecular weight excluding hydrogens is 214 g/mol. The predicted molar refractivity (Wildman–Crippen MR) is 71.2 cm³/mol. The van der Waals surface area contributed by atoms with Crippen LogP contribution in [0.3, 0.4) is 0 Å². The Morgan fingerprint density at radius 1 is 1.47 bits per heavy atom. The van der Waals surface area contributed by atoms with Crippen molar-refractivity contribution in [2.75, 3.05) is 25.5 Å². The van der Waals surface area contributed by atoms with Crippen LogP contribution in [-0.4, -0.2) is 31.3 Å². The minimum atomic E-state index is 0.208. The van der Waals surface area contributed by atoms with Gasteiger partial charge in [-0.2, -0.15) is 0 Å². The first-order valence-electron chi connectivity index (χ1n) is 6.18. The molecule has 0 aliphatic heterocycles. The van der Waals surface area contributed by atoms with E-state index in [1.165, 1.54) is 5.56 Å². The van der Waals surface area contributed by atoms with E-state index < -0.39 is 0 Å². The highest BCUT2D eigenvalue weighted by Crippen LogP contribution is 2.13. The van der Waals surface area contributed by atoms with Gasteiger partial charge in [0.2, 0.25) is 0 Å². The van der Waals surface area contributed by atoms with Crippen molar-refractivity contribution in [3.05, 3.63) is 24.0 Å². The van der Waals surface area contributed by atoms with Crippen LogP contribution in [0.1, 0.15) is 25.8 Å². The molecule has 1 rings (SSSR count). The van der Waals surface area contributed by atoms with Crippen LogP contribution in [-0.2, 0) is 11.3 Å². The van der Waals surface area contributed by atoms with Gasteiger partial charge in [-0.05, 0) is 26.0 Å². The largest absolute Gasteiger partial charge is 0.382 e. The molecule has 4 nitrogen and oxygen atoms in total. The standard InChI is InChI=1S/C13H23N3O/c1-4-6-14-9-12-10-15-7-5-13(12)16-8-11(2)17-3/h5,7,10-11,14H,4,6,8-9H2,1-3H3,(H,15,16). The van der Waals surface area contributed by atoms with E-state index in [4.69, 9.17) is 4.74 Å². The molecule has 0 saturated carbocycles. The molecule has 4 heteroatoms. The Hall–Kier alpha value is -1.13. The van der Waals surface area contributed by atoms with E-state index in [9.17, 15) is 0 Å². The lowest BCUT2D eigenvalue weighted by Gasteiger charge is -2.15. The zero-order valence-corrected chi connectivity index (χ0v) is 11.0. The molecule has 0 aliphatic rings. The maximum atomic E-state index is 5.22. The van der Waals surface area contributed by atoms with E-state index in [1.807, 2.05) is 25.4 Å². The minimum Gasteiger partial charge on any atom is -0.382 e. The Kier molecular flexibility index (Phi) is 6.58. The second-order valence-electron chi connectivity index (χ2n) is 4.14. The summed E-state index contributed by atoms with van der Waals surface area (Å²) in [6.07, 6.45) is 5.06. The number of nitrogens with zero attached hydrogens (tertiary/aromatic N) is 1. The maximum absolute atomic E-state index is 5.22. The number of hydrogen-bond acceptors (Lipinski definition) is 4. The summed E-state index contributed by atoms with van der Waals surface area (Å²) in [6, 6.07) is 2.01. The average molecular weight is 237 g/mol. The average Bonchev–Trinajstić information content (AvgIpc) is 2.37. The molecule has 0 amide bonds. The second-order valence-corrected chi connectivity index (χ2v) is 4.14. The molecule has 17 heavy (non-hydrogen) atoms. The molecule has 0 bridgehead atoms. The fourth-order valence-corrected chi connectivity index (χ4v) is 1.48. The van der Waals surface area contributed by atoms with E-state index in [-0.39, 0.29) is 6.10 Å². The Bertz CT molecular complexity index is 317. The molecule has 0 spiro atoms. The van der Waals surface area contributed by atoms with Crippen molar-refractivity contribution in [2.24, 2.45) is 0 Å². The highest BCUT2D eigenvalue weighted by atomic mass is 16.5. The fraction of sp³-hybridized carbons (Fsp3) is 0.615. The van der Waals surface area contributed by atoms with Gasteiger partial charge in [-0.1, -0.05) is 6.92 Å². The highest BCUT2D eigenvalue weighted by molar-refractivity contribution is 5.49. The van der Waals surface area contributed by atoms with Gasteiger partial charge in [0.15, 0.2) is 0 Å². The summed E-state index contributed by atoms with van der Waals surface area (Å²) in [5.74, 6) is 0. The van der Waals surface area contributed by atoms with Gasteiger partial charge in [-0.15, -0.1) is 0 Å². The van der Waals surface area contributed by atoms with Crippen molar-refractivity contribution in [1.29, 1.82) is 0 Å². The van der Waals surface area contributed by atoms with Crippen LogP contribution in [0.25, 0.3) is 0 Å². The molecule has 1 heterocycles. The lowest BCUT2D eigenvalue weighted by atomic mass is 10.2. The van der Waals surface area contributed by atoms with Gasteiger partial charge >= 0.3 is 0 Å². The van der Waals surface area contributed by atoms with Crippen LogP contribution >= 0.6 is 0 Å². The summed E-state index contributed by atoms with van der Waals surface area (Å²) in [5.41, 5.74) is 2.33. The molecule has 2 N–H and O–H groups in total. The van der Waals surface area contributed by atoms with Gasteiger partial charge in [0.1, 0.15) is 0 Å². The molecule has 1 unspecified atom stereocenters. The number of ether oxygens (including phenoxy) is 1. The zero-order valence-electron chi connectivity index (χ0n) is 11.0. The van der Waals surface area contributed by atoms with Crippen molar-refractivity contribution < 1.29 is 4.74 Å². The van der Waals surface area contributed by atoms with E-state index in [0.717, 1.165) is 31.7 Å². The van der Waals surface area contributed by atoms with Crippen molar-refractivity contribution in [2.45, 2.75) is 32.9 Å². The Labute approximate surface area is 104 Å². The minimum absolute atomic E-state index is 0.208. The summed E-state index contributed by atoms with van der Waals surface area (Å²) in [7, 11) is 1.72. The van der Waals surface area contributed by atoms with Crippen LogP contribution in [0.15, 0.2) is 18.5 Å². The zero-order chi connectivity index (χ0) is 12.5. The van der Waals surface area contributed by atoms with Gasteiger partial charge < -0.3 is 15.4 Å². The topological polar surface area (TPSA) is 46.2 Å². The van der Waals surface area contributed by atoms with Crippen LogP contribution in [0, 0.1) is 0 Å². The third-order valence-electron chi connectivity index (χ3n) is 2.63. The van der Waals surface area contributed by atoms with Gasteiger partial charge in [0.05, 0.1) is 6.10 Å². The van der Waals surface area contributed by atoms with E-state index in [0.29, 0.717) is 0 Å².